The second kappa shape index (κ2) is 15.6. The molecule has 0 aromatic rings. The molecule has 0 aliphatic rings. The molecule has 0 unspecified atom stereocenters. The Bertz CT molecular complexity index is 219. The molecule has 0 saturated heterocycles. The van der Waals surface area contributed by atoms with E-state index in [1.807, 2.05) is 6.08 Å². The van der Waals surface area contributed by atoms with Crippen LogP contribution in [0.1, 0.15) is 71.1 Å². The van der Waals surface area contributed by atoms with Crippen LogP contribution in [0.5, 0.6) is 0 Å². The van der Waals surface area contributed by atoms with E-state index in [9.17, 15) is 0 Å². The van der Waals surface area contributed by atoms with Crippen LogP contribution in [-0.4, -0.2) is 5.88 Å². The van der Waals surface area contributed by atoms with Crippen LogP contribution in [0, 0.1) is 11.8 Å². The van der Waals surface area contributed by atoms with Crippen molar-refractivity contribution in [2.45, 2.75) is 71.1 Å². The van der Waals surface area contributed by atoms with Gasteiger partial charge in [-0.2, -0.15) is 0 Å². The predicted molar refractivity (Wildman–Crippen MR) is 79.5 cm³/mol. The average Bonchev–Trinajstić information content (AvgIpc) is 2.35. The van der Waals surface area contributed by atoms with Gasteiger partial charge in [0.1, 0.15) is 0 Å². The molecule has 0 aromatic heterocycles. The number of halogens is 1. The molecule has 0 heterocycles. The summed E-state index contributed by atoms with van der Waals surface area (Å²) in [5.74, 6) is 7.08. The van der Waals surface area contributed by atoms with Crippen molar-refractivity contribution in [3.8, 4) is 11.8 Å². The molecule has 0 aliphatic heterocycles. The van der Waals surface area contributed by atoms with Gasteiger partial charge >= 0.3 is 0 Å². The SMILES string of the molecule is CCC=CC#CCCCCCCCCCCCl. The van der Waals surface area contributed by atoms with Gasteiger partial charge in [-0.3, -0.25) is 0 Å². The van der Waals surface area contributed by atoms with Crippen LogP contribution in [0.2, 0.25) is 0 Å². The number of hydrogen-bond acceptors (Lipinski definition) is 0. The minimum Gasteiger partial charge on any atom is -0.127 e. The topological polar surface area (TPSA) is 0 Å². The number of allylic oxidation sites excluding steroid dienone is 2. The van der Waals surface area contributed by atoms with E-state index < -0.39 is 0 Å². The molecule has 0 fully saturated rings. The highest BCUT2D eigenvalue weighted by Crippen LogP contribution is 2.09. The normalized spacial score (nSPS) is 10.5. The average molecular weight is 255 g/mol. The maximum Gasteiger partial charge on any atom is 0.0223 e. The first-order chi connectivity index (χ1) is 8.41. The van der Waals surface area contributed by atoms with Crippen LogP contribution < -0.4 is 0 Å². The third-order valence-electron chi connectivity index (χ3n) is 2.72. The van der Waals surface area contributed by atoms with E-state index in [1.165, 1.54) is 51.4 Å². The summed E-state index contributed by atoms with van der Waals surface area (Å²) < 4.78 is 0. The molecule has 0 spiro atoms. The number of hydrogen-bond donors (Lipinski definition) is 0. The van der Waals surface area contributed by atoms with Gasteiger partial charge in [-0.05, 0) is 25.3 Å². The summed E-state index contributed by atoms with van der Waals surface area (Å²) in [7, 11) is 0. The Hall–Kier alpha value is -0.410. The summed E-state index contributed by atoms with van der Waals surface area (Å²) in [6.45, 7) is 2.13. The van der Waals surface area contributed by atoms with Crippen LogP contribution in [0.3, 0.4) is 0 Å². The van der Waals surface area contributed by atoms with Crippen molar-refractivity contribution in [2.24, 2.45) is 0 Å². The lowest BCUT2D eigenvalue weighted by Crippen LogP contribution is -1.81. The predicted octanol–water partition coefficient (Wildman–Crippen LogP) is 5.71. The summed E-state index contributed by atoms with van der Waals surface area (Å²) in [4.78, 5) is 0. The minimum atomic E-state index is 0.825. The molecule has 0 bridgehead atoms. The Labute approximate surface area is 113 Å². The van der Waals surface area contributed by atoms with Gasteiger partial charge in [0.25, 0.3) is 0 Å². The number of unbranched alkanes of at least 4 members (excludes halogenated alkanes) is 8. The Kier molecular flexibility index (Phi) is 15.2. The molecule has 0 N–H and O–H groups in total. The molecule has 0 amide bonds. The summed E-state index contributed by atoms with van der Waals surface area (Å²) in [6.07, 6.45) is 16.8. The van der Waals surface area contributed by atoms with Crippen molar-refractivity contribution in [1.82, 2.24) is 0 Å². The Balaban J connectivity index is 3.07. The molecule has 0 aromatic carbocycles. The summed E-state index contributed by atoms with van der Waals surface area (Å²) in [6, 6.07) is 0. The Morgan fingerprint density at radius 1 is 0.882 bits per heavy atom. The monoisotopic (exact) mass is 254 g/mol. The van der Waals surface area contributed by atoms with Crippen molar-refractivity contribution >= 4 is 11.6 Å². The van der Waals surface area contributed by atoms with Crippen molar-refractivity contribution in [3.05, 3.63) is 12.2 Å². The smallest absolute Gasteiger partial charge is 0.0223 e. The van der Waals surface area contributed by atoms with Crippen molar-refractivity contribution in [1.29, 1.82) is 0 Å². The summed E-state index contributed by atoms with van der Waals surface area (Å²) >= 11 is 5.63. The lowest BCUT2D eigenvalue weighted by atomic mass is 10.1. The first-order valence-electron chi connectivity index (χ1n) is 7.11. The maximum absolute atomic E-state index is 5.63. The van der Waals surface area contributed by atoms with Gasteiger partial charge in [-0.25, -0.2) is 0 Å². The first kappa shape index (κ1) is 16.6. The molecule has 0 atom stereocenters. The minimum absolute atomic E-state index is 0.825. The van der Waals surface area contributed by atoms with Gasteiger partial charge in [0, 0.05) is 12.3 Å². The van der Waals surface area contributed by atoms with Gasteiger partial charge < -0.3 is 0 Å². The standard InChI is InChI=1S/C16H27Cl/c1-2-3-4-5-6-7-8-9-10-11-12-13-14-15-16-17/h3-4H,2,7-16H2,1H3. The third-order valence-corrected chi connectivity index (χ3v) is 2.99. The highest BCUT2D eigenvalue weighted by Gasteiger charge is 1.91. The van der Waals surface area contributed by atoms with Gasteiger partial charge in [-0.15, -0.1) is 11.6 Å². The third kappa shape index (κ3) is 15.6. The molecule has 1 heteroatoms. The molecule has 0 saturated carbocycles. The second-order valence-electron chi connectivity index (χ2n) is 4.40. The maximum atomic E-state index is 5.63. The zero-order valence-corrected chi connectivity index (χ0v) is 12.1. The molecule has 0 rings (SSSR count). The second-order valence-corrected chi connectivity index (χ2v) is 4.78. The highest BCUT2D eigenvalue weighted by molar-refractivity contribution is 6.17. The fourth-order valence-electron chi connectivity index (χ4n) is 1.68. The summed E-state index contributed by atoms with van der Waals surface area (Å²) in [5, 5.41) is 0. The van der Waals surface area contributed by atoms with Gasteiger partial charge in [0.2, 0.25) is 0 Å². The first-order valence-corrected chi connectivity index (χ1v) is 7.64. The highest BCUT2D eigenvalue weighted by atomic mass is 35.5. The molecular formula is C16H27Cl. The largest absolute Gasteiger partial charge is 0.127 e. The molecule has 0 radical (unpaired) electrons. The van der Waals surface area contributed by atoms with Crippen LogP contribution in [0.4, 0.5) is 0 Å². The molecule has 98 valence electrons. The van der Waals surface area contributed by atoms with Gasteiger partial charge in [0.05, 0.1) is 0 Å². The fraction of sp³-hybridized carbons (Fsp3) is 0.750. The molecule has 0 aliphatic carbocycles. The van der Waals surface area contributed by atoms with E-state index in [1.54, 1.807) is 0 Å². The Morgan fingerprint density at radius 3 is 2.06 bits per heavy atom. The van der Waals surface area contributed by atoms with Crippen LogP contribution in [-0.2, 0) is 0 Å². The van der Waals surface area contributed by atoms with E-state index in [2.05, 4.69) is 24.8 Å². The molecule has 0 nitrogen and oxygen atoms in total. The van der Waals surface area contributed by atoms with E-state index in [0.717, 1.165) is 18.7 Å². The lowest BCUT2D eigenvalue weighted by molar-refractivity contribution is 0.580. The van der Waals surface area contributed by atoms with Crippen molar-refractivity contribution < 1.29 is 0 Å². The lowest BCUT2D eigenvalue weighted by Gasteiger charge is -1.99. The summed E-state index contributed by atoms with van der Waals surface area (Å²) in [5.41, 5.74) is 0. The molecular weight excluding hydrogens is 228 g/mol. The Morgan fingerprint density at radius 2 is 1.47 bits per heavy atom. The van der Waals surface area contributed by atoms with Gasteiger partial charge in [-0.1, -0.05) is 63.4 Å². The van der Waals surface area contributed by atoms with Crippen molar-refractivity contribution in [3.63, 3.8) is 0 Å². The van der Waals surface area contributed by atoms with E-state index in [-0.39, 0.29) is 0 Å². The van der Waals surface area contributed by atoms with Crippen molar-refractivity contribution in [2.75, 3.05) is 5.88 Å². The quantitative estimate of drug-likeness (QED) is 0.266. The van der Waals surface area contributed by atoms with Crippen LogP contribution >= 0.6 is 11.6 Å². The van der Waals surface area contributed by atoms with Crippen LogP contribution in [0.25, 0.3) is 0 Å². The van der Waals surface area contributed by atoms with Crippen LogP contribution in [0.15, 0.2) is 12.2 Å². The number of rotatable bonds is 10. The van der Waals surface area contributed by atoms with E-state index in [0.29, 0.717) is 0 Å². The van der Waals surface area contributed by atoms with E-state index in [4.69, 9.17) is 11.6 Å². The van der Waals surface area contributed by atoms with E-state index >= 15 is 0 Å². The zero-order chi connectivity index (χ0) is 12.6. The van der Waals surface area contributed by atoms with Gasteiger partial charge in [0.15, 0.2) is 0 Å². The fourth-order valence-corrected chi connectivity index (χ4v) is 1.87. The number of alkyl halides is 1. The molecule has 17 heavy (non-hydrogen) atoms. The zero-order valence-electron chi connectivity index (χ0n) is 11.3.